The molecule has 1 aromatic heterocycles. The number of hydrogen-bond donors (Lipinski definition) is 1. The van der Waals surface area contributed by atoms with Crippen LogP contribution in [-0.2, 0) is 0 Å². The van der Waals surface area contributed by atoms with Gasteiger partial charge in [0.1, 0.15) is 5.56 Å². The molecule has 0 amide bonds. The number of hydrogen-bond acceptors (Lipinski definition) is 2. The summed E-state index contributed by atoms with van der Waals surface area (Å²) in [7, 11) is 0. The molecule has 94 valence electrons. The molecule has 1 N–H and O–H groups in total. The summed E-state index contributed by atoms with van der Waals surface area (Å²) in [5, 5.41) is 13.6. The number of aromatic carboxylic acids is 1. The van der Waals surface area contributed by atoms with E-state index in [4.69, 9.17) is 5.11 Å². The maximum Gasteiger partial charge on any atom is 0.339 e. The van der Waals surface area contributed by atoms with Gasteiger partial charge in [-0.1, -0.05) is 25.7 Å². The molecule has 0 aromatic carbocycles. The first-order valence-electron chi connectivity index (χ1n) is 6.40. The molecule has 1 fully saturated rings. The summed E-state index contributed by atoms with van der Waals surface area (Å²) in [5.41, 5.74) is 1.83. The van der Waals surface area contributed by atoms with E-state index >= 15 is 0 Å². The van der Waals surface area contributed by atoms with Crippen molar-refractivity contribution in [3.8, 4) is 0 Å². The molecule has 0 bridgehead atoms. The maximum atomic E-state index is 11.2. The monoisotopic (exact) mass is 236 g/mol. The van der Waals surface area contributed by atoms with Gasteiger partial charge in [0.05, 0.1) is 17.4 Å². The van der Waals surface area contributed by atoms with Gasteiger partial charge >= 0.3 is 5.97 Å². The minimum atomic E-state index is -0.861. The Kier molecular flexibility index (Phi) is 3.50. The van der Waals surface area contributed by atoms with E-state index in [1.807, 2.05) is 11.6 Å². The summed E-state index contributed by atoms with van der Waals surface area (Å²) in [5.74, 6) is -0.861. The van der Waals surface area contributed by atoms with Crippen molar-refractivity contribution >= 4 is 5.97 Å². The molecule has 0 aliphatic heterocycles. The van der Waals surface area contributed by atoms with Gasteiger partial charge in [-0.2, -0.15) is 5.10 Å². The molecular formula is C13H20N2O2. The second-order valence-corrected chi connectivity index (χ2v) is 4.94. The van der Waals surface area contributed by atoms with Crippen molar-refractivity contribution in [3.63, 3.8) is 0 Å². The Morgan fingerprint density at radius 3 is 2.29 bits per heavy atom. The molecule has 0 atom stereocenters. The first kappa shape index (κ1) is 12.1. The second kappa shape index (κ2) is 4.90. The quantitative estimate of drug-likeness (QED) is 0.803. The number of carboxylic acids is 1. The van der Waals surface area contributed by atoms with Crippen molar-refractivity contribution in [1.29, 1.82) is 0 Å². The van der Waals surface area contributed by atoms with Crippen LogP contribution < -0.4 is 0 Å². The fourth-order valence-corrected chi connectivity index (χ4v) is 2.83. The third kappa shape index (κ3) is 2.35. The van der Waals surface area contributed by atoms with E-state index in [1.165, 1.54) is 25.7 Å². The highest BCUT2D eigenvalue weighted by molar-refractivity contribution is 5.90. The van der Waals surface area contributed by atoms with Crippen LogP contribution in [0.3, 0.4) is 0 Å². The summed E-state index contributed by atoms with van der Waals surface area (Å²) in [6.07, 6.45) is 7.29. The highest BCUT2D eigenvalue weighted by Crippen LogP contribution is 2.29. The SMILES string of the molecule is Cc1nn(C2CCCCCC2)c(C)c1C(=O)O. The molecule has 1 aliphatic carbocycles. The van der Waals surface area contributed by atoms with Crippen molar-refractivity contribution in [2.45, 2.75) is 58.4 Å². The molecule has 17 heavy (non-hydrogen) atoms. The summed E-state index contributed by atoms with van der Waals surface area (Å²) in [6.45, 7) is 3.65. The number of carbonyl (C=O) groups is 1. The highest BCUT2D eigenvalue weighted by Gasteiger charge is 2.22. The lowest BCUT2D eigenvalue weighted by Gasteiger charge is -2.16. The van der Waals surface area contributed by atoms with Crippen molar-refractivity contribution in [2.24, 2.45) is 0 Å². The van der Waals surface area contributed by atoms with E-state index in [1.54, 1.807) is 6.92 Å². The molecule has 0 unspecified atom stereocenters. The number of aryl methyl sites for hydroxylation is 1. The molecule has 2 rings (SSSR count). The van der Waals surface area contributed by atoms with Crippen LogP contribution in [-0.4, -0.2) is 20.9 Å². The topological polar surface area (TPSA) is 55.1 Å². The van der Waals surface area contributed by atoms with Gasteiger partial charge in [0, 0.05) is 0 Å². The van der Waals surface area contributed by atoms with E-state index in [9.17, 15) is 4.79 Å². The number of aromatic nitrogens is 2. The first-order chi connectivity index (χ1) is 8.11. The van der Waals surface area contributed by atoms with Crippen LogP contribution in [0.15, 0.2) is 0 Å². The Morgan fingerprint density at radius 1 is 1.24 bits per heavy atom. The minimum Gasteiger partial charge on any atom is -0.478 e. The molecule has 4 heteroatoms. The number of nitrogens with zero attached hydrogens (tertiary/aromatic N) is 2. The lowest BCUT2D eigenvalue weighted by atomic mass is 10.1. The van der Waals surface area contributed by atoms with Crippen molar-refractivity contribution in [2.75, 3.05) is 0 Å². The third-order valence-electron chi connectivity index (χ3n) is 3.71. The van der Waals surface area contributed by atoms with E-state index in [0.29, 0.717) is 17.3 Å². The Morgan fingerprint density at radius 2 is 1.82 bits per heavy atom. The van der Waals surface area contributed by atoms with Gasteiger partial charge in [0.2, 0.25) is 0 Å². The van der Waals surface area contributed by atoms with Gasteiger partial charge < -0.3 is 5.11 Å². The van der Waals surface area contributed by atoms with Gasteiger partial charge in [-0.25, -0.2) is 4.79 Å². The largest absolute Gasteiger partial charge is 0.478 e. The van der Waals surface area contributed by atoms with Gasteiger partial charge in [-0.3, -0.25) is 4.68 Å². The zero-order valence-corrected chi connectivity index (χ0v) is 10.6. The van der Waals surface area contributed by atoms with Crippen LogP contribution in [0.1, 0.15) is 66.3 Å². The Bertz CT molecular complexity index is 415. The standard InChI is InChI=1S/C13H20N2O2/c1-9-12(13(16)17)10(2)15(14-9)11-7-5-3-4-6-8-11/h11H,3-8H2,1-2H3,(H,16,17). The zero-order valence-electron chi connectivity index (χ0n) is 10.6. The molecule has 1 heterocycles. The Balaban J connectivity index is 2.31. The predicted octanol–water partition coefficient (Wildman–Crippen LogP) is 3.09. The van der Waals surface area contributed by atoms with E-state index < -0.39 is 5.97 Å². The molecule has 1 aliphatic rings. The number of rotatable bonds is 2. The van der Waals surface area contributed by atoms with Gasteiger partial charge in [-0.15, -0.1) is 0 Å². The fraction of sp³-hybridized carbons (Fsp3) is 0.692. The average Bonchev–Trinajstić information content (AvgIpc) is 2.48. The molecule has 1 saturated carbocycles. The lowest BCUT2D eigenvalue weighted by Crippen LogP contribution is -2.12. The van der Waals surface area contributed by atoms with Crippen molar-refractivity contribution in [3.05, 3.63) is 17.0 Å². The van der Waals surface area contributed by atoms with Crippen LogP contribution in [0, 0.1) is 13.8 Å². The fourth-order valence-electron chi connectivity index (χ4n) is 2.83. The second-order valence-electron chi connectivity index (χ2n) is 4.94. The molecular weight excluding hydrogens is 216 g/mol. The Hall–Kier alpha value is -1.32. The summed E-state index contributed by atoms with van der Waals surface area (Å²) in [6, 6.07) is 0.393. The van der Waals surface area contributed by atoms with Gasteiger partial charge in [-0.05, 0) is 26.7 Å². The zero-order chi connectivity index (χ0) is 12.4. The summed E-state index contributed by atoms with van der Waals surface area (Å²) in [4.78, 5) is 11.2. The van der Waals surface area contributed by atoms with Gasteiger partial charge in [0.25, 0.3) is 0 Å². The Labute approximate surface area is 102 Å². The normalized spacial score (nSPS) is 18.0. The first-order valence-corrected chi connectivity index (χ1v) is 6.40. The third-order valence-corrected chi connectivity index (χ3v) is 3.71. The van der Waals surface area contributed by atoms with E-state index in [2.05, 4.69) is 5.10 Å². The van der Waals surface area contributed by atoms with Crippen LogP contribution in [0.5, 0.6) is 0 Å². The van der Waals surface area contributed by atoms with E-state index in [-0.39, 0.29) is 0 Å². The van der Waals surface area contributed by atoms with Crippen LogP contribution in [0.4, 0.5) is 0 Å². The van der Waals surface area contributed by atoms with Crippen molar-refractivity contribution in [1.82, 2.24) is 9.78 Å². The number of carboxylic acid groups (broad SMARTS) is 1. The summed E-state index contributed by atoms with van der Waals surface area (Å²) < 4.78 is 1.95. The average molecular weight is 236 g/mol. The molecule has 0 radical (unpaired) electrons. The van der Waals surface area contributed by atoms with Gasteiger partial charge in [0.15, 0.2) is 0 Å². The van der Waals surface area contributed by atoms with Crippen molar-refractivity contribution < 1.29 is 9.90 Å². The lowest BCUT2D eigenvalue weighted by molar-refractivity contribution is 0.0695. The summed E-state index contributed by atoms with van der Waals surface area (Å²) >= 11 is 0. The molecule has 1 aromatic rings. The molecule has 4 nitrogen and oxygen atoms in total. The van der Waals surface area contributed by atoms with Crippen LogP contribution in [0.25, 0.3) is 0 Å². The molecule has 0 saturated heterocycles. The highest BCUT2D eigenvalue weighted by atomic mass is 16.4. The van der Waals surface area contributed by atoms with Crippen LogP contribution in [0.2, 0.25) is 0 Å². The predicted molar refractivity (Wildman–Crippen MR) is 65.4 cm³/mol. The maximum absolute atomic E-state index is 11.2. The smallest absolute Gasteiger partial charge is 0.339 e. The molecule has 0 spiro atoms. The van der Waals surface area contributed by atoms with E-state index in [0.717, 1.165) is 18.5 Å². The van der Waals surface area contributed by atoms with Crippen LogP contribution >= 0.6 is 0 Å². The minimum absolute atomic E-state index is 0.384.